The summed E-state index contributed by atoms with van der Waals surface area (Å²) in [5.74, 6) is 0. The monoisotopic (exact) mass is 377 g/mol. The predicted molar refractivity (Wildman–Crippen MR) is 95.2 cm³/mol. The topological polar surface area (TPSA) is 78.9 Å². The predicted octanol–water partition coefficient (Wildman–Crippen LogP) is 0.269. The maximum atomic E-state index is 9.02. The second-order valence-corrected chi connectivity index (χ2v) is 6.63. The molecule has 2 rings (SSSR count). The van der Waals surface area contributed by atoms with E-state index in [4.69, 9.17) is 33.5 Å². The molecule has 1 N–H and O–H groups in total. The van der Waals surface area contributed by atoms with Crippen molar-refractivity contribution in [2.45, 2.75) is 44.4 Å². The van der Waals surface area contributed by atoms with E-state index in [1.54, 1.807) is 7.11 Å². The molecule has 4 atom stereocenters. The van der Waals surface area contributed by atoms with Crippen LogP contribution in [0.5, 0.6) is 0 Å². The fourth-order valence-electron chi connectivity index (χ4n) is 3.28. The molecule has 2 aliphatic heterocycles. The molecule has 0 bridgehead atoms. The fraction of sp³-hybridized carbons (Fsp3) is 1.00. The lowest BCUT2D eigenvalue weighted by Gasteiger charge is -2.39. The smallest absolute Gasteiger partial charge is 0.160 e. The number of rotatable bonds is 4. The van der Waals surface area contributed by atoms with E-state index in [1.165, 1.54) is 0 Å². The van der Waals surface area contributed by atoms with Gasteiger partial charge in [0.1, 0.15) is 6.10 Å². The highest BCUT2D eigenvalue weighted by Crippen LogP contribution is 2.25. The molecule has 0 aromatic heterocycles. The molecule has 2 heterocycles. The van der Waals surface area contributed by atoms with Gasteiger partial charge in [-0.1, -0.05) is 0 Å². The van der Waals surface area contributed by atoms with Crippen LogP contribution in [0, 0.1) is 0 Å². The summed E-state index contributed by atoms with van der Waals surface area (Å²) in [6, 6.07) is 0. The van der Waals surface area contributed by atoms with E-state index in [0.717, 1.165) is 26.1 Å². The molecular weight excluding hydrogens is 342 g/mol. The van der Waals surface area contributed by atoms with E-state index in [1.807, 2.05) is 6.92 Å². The highest BCUT2D eigenvalue weighted by Gasteiger charge is 2.38. The Balaban J connectivity index is 1.85. The van der Waals surface area contributed by atoms with E-state index in [9.17, 15) is 0 Å². The van der Waals surface area contributed by atoms with Gasteiger partial charge in [0.05, 0.1) is 51.8 Å². The minimum Gasteiger partial charge on any atom is -0.396 e. The number of ether oxygens (including phenoxy) is 6. The maximum absolute atomic E-state index is 9.02. The van der Waals surface area contributed by atoms with Gasteiger partial charge in [-0.2, -0.15) is 0 Å². The summed E-state index contributed by atoms with van der Waals surface area (Å²) in [5.41, 5.74) is 0. The minimum absolute atomic E-state index is 0.0847. The van der Waals surface area contributed by atoms with E-state index in [-0.39, 0.29) is 31.2 Å². The van der Waals surface area contributed by atoms with Crippen LogP contribution >= 0.6 is 0 Å². The molecule has 0 saturated carbocycles. The van der Waals surface area contributed by atoms with Gasteiger partial charge in [-0.05, 0) is 13.3 Å². The lowest BCUT2D eigenvalue weighted by molar-refractivity contribution is -0.257. The molecule has 2 saturated heterocycles. The van der Waals surface area contributed by atoms with Crippen LogP contribution < -0.4 is 0 Å². The molecule has 26 heavy (non-hydrogen) atoms. The van der Waals surface area contributed by atoms with Gasteiger partial charge in [-0.25, -0.2) is 0 Å². The highest BCUT2D eigenvalue weighted by atomic mass is 16.7. The Hall–Kier alpha value is -0.320. The van der Waals surface area contributed by atoms with E-state index >= 15 is 0 Å². The van der Waals surface area contributed by atoms with Crippen LogP contribution in [0.4, 0.5) is 0 Å². The molecule has 2 aliphatic rings. The van der Waals surface area contributed by atoms with Crippen LogP contribution in [0.3, 0.4) is 0 Å². The first-order valence-corrected chi connectivity index (χ1v) is 9.64. The molecule has 0 radical (unpaired) electrons. The van der Waals surface area contributed by atoms with E-state index in [0.29, 0.717) is 46.1 Å². The molecule has 8 heteroatoms. The first kappa shape index (κ1) is 22.0. The van der Waals surface area contributed by atoms with Crippen molar-refractivity contribution in [1.82, 2.24) is 4.90 Å². The van der Waals surface area contributed by atoms with Gasteiger partial charge in [-0.15, -0.1) is 0 Å². The third kappa shape index (κ3) is 7.74. The summed E-state index contributed by atoms with van der Waals surface area (Å²) in [6.45, 7) is 8.04. The van der Waals surface area contributed by atoms with Gasteiger partial charge < -0.3 is 33.5 Å². The van der Waals surface area contributed by atoms with Crippen LogP contribution in [0.2, 0.25) is 0 Å². The lowest BCUT2D eigenvalue weighted by Crippen LogP contribution is -2.50. The van der Waals surface area contributed by atoms with Gasteiger partial charge in [0.2, 0.25) is 0 Å². The third-order valence-electron chi connectivity index (χ3n) is 4.72. The Morgan fingerprint density at radius 2 is 1.69 bits per heavy atom. The number of hydrogen-bond acceptors (Lipinski definition) is 8. The number of hydrogen-bond donors (Lipinski definition) is 1. The minimum atomic E-state index is -0.269. The zero-order valence-electron chi connectivity index (χ0n) is 16.1. The summed E-state index contributed by atoms with van der Waals surface area (Å²) in [5, 5.41) is 9.02. The number of methoxy groups -OCH3 is 1. The summed E-state index contributed by atoms with van der Waals surface area (Å²) in [4.78, 5) is 2.25. The Kier molecular flexibility index (Phi) is 11.0. The fourth-order valence-corrected chi connectivity index (χ4v) is 3.28. The molecule has 8 nitrogen and oxygen atoms in total. The summed E-state index contributed by atoms with van der Waals surface area (Å²) in [7, 11) is 1.64. The van der Waals surface area contributed by atoms with Crippen LogP contribution in [0.15, 0.2) is 0 Å². The molecule has 0 aliphatic carbocycles. The quantitative estimate of drug-likeness (QED) is 0.748. The van der Waals surface area contributed by atoms with Gasteiger partial charge >= 0.3 is 0 Å². The summed E-state index contributed by atoms with van der Waals surface area (Å²) >= 11 is 0. The second kappa shape index (κ2) is 13.0. The molecule has 0 aromatic rings. The van der Waals surface area contributed by atoms with E-state index < -0.39 is 0 Å². The van der Waals surface area contributed by atoms with Crippen molar-refractivity contribution in [1.29, 1.82) is 0 Å². The lowest BCUT2D eigenvalue weighted by atomic mass is 10.0. The van der Waals surface area contributed by atoms with Crippen molar-refractivity contribution >= 4 is 0 Å². The largest absolute Gasteiger partial charge is 0.396 e. The zero-order chi connectivity index (χ0) is 18.6. The Bertz CT molecular complexity index is 360. The van der Waals surface area contributed by atoms with Crippen molar-refractivity contribution in [2.24, 2.45) is 0 Å². The van der Waals surface area contributed by atoms with E-state index in [2.05, 4.69) is 4.90 Å². The third-order valence-corrected chi connectivity index (χ3v) is 4.72. The SMILES string of the molecule is COC1CC2OCCOCCN(CCCO)CCOCCOC2C(C)O1. The standard InChI is InChI=1S/C18H35NO7/c1-15-18-16(14-17(21-2)26-15)24-12-10-22-8-5-19(4-3-7-20)6-9-23-11-13-25-18/h15-18,20H,3-14H2,1-2H3. The van der Waals surface area contributed by atoms with Gasteiger partial charge in [0.25, 0.3) is 0 Å². The van der Waals surface area contributed by atoms with Crippen molar-refractivity contribution in [2.75, 3.05) is 73.0 Å². The molecule has 4 unspecified atom stereocenters. The van der Waals surface area contributed by atoms with Crippen LogP contribution in [-0.2, 0) is 28.4 Å². The van der Waals surface area contributed by atoms with Crippen LogP contribution in [0.1, 0.15) is 19.8 Å². The zero-order valence-corrected chi connectivity index (χ0v) is 16.1. The molecule has 0 aromatic carbocycles. The Morgan fingerprint density at radius 3 is 2.35 bits per heavy atom. The van der Waals surface area contributed by atoms with Gasteiger partial charge in [-0.3, -0.25) is 4.90 Å². The second-order valence-electron chi connectivity index (χ2n) is 6.63. The van der Waals surface area contributed by atoms with Gasteiger partial charge in [0.15, 0.2) is 6.29 Å². The number of aliphatic hydroxyl groups excluding tert-OH is 1. The number of fused-ring (bicyclic) bond motifs is 1. The average Bonchev–Trinajstić information content (AvgIpc) is 2.65. The summed E-state index contributed by atoms with van der Waals surface area (Å²) in [6.07, 6.45) is 0.795. The molecular formula is C18H35NO7. The molecule has 154 valence electrons. The Labute approximate surface area is 156 Å². The number of aliphatic hydroxyl groups is 1. The van der Waals surface area contributed by atoms with Gasteiger partial charge in [0, 0.05) is 39.8 Å². The average molecular weight is 377 g/mol. The van der Waals surface area contributed by atoms with Crippen molar-refractivity contribution < 1.29 is 33.5 Å². The van der Waals surface area contributed by atoms with Crippen LogP contribution in [-0.4, -0.2) is 108 Å². The number of nitrogens with zero attached hydrogens (tertiary/aromatic N) is 1. The Morgan fingerprint density at radius 1 is 1.00 bits per heavy atom. The highest BCUT2D eigenvalue weighted by molar-refractivity contribution is 4.83. The van der Waals surface area contributed by atoms with Crippen LogP contribution in [0.25, 0.3) is 0 Å². The summed E-state index contributed by atoms with van der Waals surface area (Å²) < 4.78 is 34.6. The maximum Gasteiger partial charge on any atom is 0.160 e. The normalized spacial score (nSPS) is 33.8. The molecule has 0 amide bonds. The first-order valence-electron chi connectivity index (χ1n) is 9.64. The first-order chi connectivity index (χ1) is 12.7. The van der Waals surface area contributed by atoms with Crippen molar-refractivity contribution in [3.63, 3.8) is 0 Å². The molecule has 0 spiro atoms. The molecule has 2 fully saturated rings. The van der Waals surface area contributed by atoms with Crippen molar-refractivity contribution in [3.8, 4) is 0 Å². The van der Waals surface area contributed by atoms with Crippen molar-refractivity contribution in [3.05, 3.63) is 0 Å².